The number of benzene rings is 2. The van der Waals surface area contributed by atoms with Gasteiger partial charge in [-0.1, -0.05) is 12.1 Å². The van der Waals surface area contributed by atoms with E-state index in [4.69, 9.17) is 4.74 Å². The maximum absolute atomic E-state index is 12.7. The van der Waals surface area contributed by atoms with Crippen molar-refractivity contribution in [2.24, 2.45) is 5.10 Å². The molecule has 0 aliphatic carbocycles. The molecule has 0 unspecified atom stereocenters. The first-order valence-electron chi connectivity index (χ1n) is 6.09. The number of nitrogens with one attached hydrogen (secondary N) is 1. The number of hydrogen-bond donors (Lipinski definition) is 1. The Morgan fingerprint density at radius 1 is 1.19 bits per heavy atom. The van der Waals surface area contributed by atoms with E-state index in [0.717, 1.165) is 9.13 Å². The van der Waals surface area contributed by atoms with Gasteiger partial charge in [0, 0.05) is 3.57 Å². The van der Waals surface area contributed by atoms with Crippen LogP contribution in [0.5, 0.6) is 5.75 Å². The van der Waals surface area contributed by atoms with Crippen LogP contribution in [-0.2, 0) is 4.79 Å². The number of hydrogen-bond acceptors (Lipinski definition) is 3. The summed E-state index contributed by atoms with van der Waals surface area (Å²) in [7, 11) is 0. The van der Waals surface area contributed by atoms with Gasteiger partial charge in [-0.2, -0.15) is 5.10 Å². The molecule has 2 rings (SSSR count). The van der Waals surface area contributed by atoms with E-state index in [1.54, 1.807) is 6.21 Å². The van der Waals surface area contributed by atoms with E-state index in [9.17, 15) is 9.18 Å². The van der Waals surface area contributed by atoms with Crippen molar-refractivity contribution in [2.45, 2.75) is 0 Å². The minimum atomic E-state index is -0.388. The second-order valence-electron chi connectivity index (χ2n) is 4.09. The van der Waals surface area contributed by atoms with Gasteiger partial charge in [0.05, 0.1) is 6.21 Å². The lowest BCUT2D eigenvalue weighted by Crippen LogP contribution is -2.24. The Morgan fingerprint density at radius 3 is 2.52 bits per heavy atom. The topological polar surface area (TPSA) is 50.7 Å². The van der Waals surface area contributed by atoms with E-state index in [2.05, 4.69) is 33.1 Å². The number of hydrazone groups is 1. The summed E-state index contributed by atoms with van der Waals surface area (Å²) in [4.78, 5) is 11.5. The van der Waals surface area contributed by atoms with Crippen molar-refractivity contribution >= 4 is 34.7 Å². The Labute approximate surface area is 135 Å². The minimum Gasteiger partial charge on any atom is -0.484 e. The Morgan fingerprint density at radius 2 is 1.86 bits per heavy atom. The number of nitrogens with zero attached hydrogens (tertiary/aromatic N) is 1. The van der Waals surface area contributed by atoms with Crippen molar-refractivity contribution in [1.82, 2.24) is 5.43 Å². The van der Waals surface area contributed by atoms with Crippen LogP contribution in [0.3, 0.4) is 0 Å². The van der Waals surface area contributed by atoms with Crippen molar-refractivity contribution in [3.05, 3.63) is 63.5 Å². The zero-order valence-corrected chi connectivity index (χ0v) is 13.1. The van der Waals surface area contributed by atoms with Crippen LogP contribution in [0.4, 0.5) is 4.39 Å². The molecule has 0 atom stereocenters. The molecule has 4 nitrogen and oxygen atoms in total. The largest absolute Gasteiger partial charge is 0.484 e. The normalized spacial score (nSPS) is 10.6. The molecular weight excluding hydrogens is 386 g/mol. The van der Waals surface area contributed by atoms with Gasteiger partial charge in [-0.25, -0.2) is 9.82 Å². The van der Waals surface area contributed by atoms with Crippen LogP contribution >= 0.6 is 22.6 Å². The lowest BCUT2D eigenvalue weighted by molar-refractivity contribution is -0.123. The molecule has 1 N–H and O–H groups in total. The third-order valence-corrected chi connectivity index (χ3v) is 3.18. The van der Waals surface area contributed by atoms with Gasteiger partial charge in [0.25, 0.3) is 5.91 Å². The molecule has 2 aromatic rings. The van der Waals surface area contributed by atoms with Crippen LogP contribution in [0, 0.1) is 9.39 Å². The van der Waals surface area contributed by atoms with Gasteiger partial charge in [-0.3, -0.25) is 4.79 Å². The molecule has 21 heavy (non-hydrogen) atoms. The highest BCUT2D eigenvalue weighted by Gasteiger charge is 2.01. The Bertz CT molecular complexity index is 627. The van der Waals surface area contributed by atoms with E-state index in [1.807, 2.05) is 24.3 Å². The number of rotatable bonds is 5. The third kappa shape index (κ3) is 5.50. The highest BCUT2D eigenvalue weighted by Crippen LogP contribution is 2.10. The van der Waals surface area contributed by atoms with Crippen LogP contribution in [-0.4, -0.2) is 18.7 Å². The number of halogens is 2. The average molecular weight is 398 g/mol. The number of carbonyl (C=O) groups is 1. The molecule has 0 saturated heterocycles. The highest BCUT2D eigenvalue weighted by molar-refractivity contribution is 14.1. The monoisotopic (exact) mass is 398 g/mol. The van der Waals surface area contributed by atoms with E-state index < -0.39 is 0 Å². The van der Waals surface area contributed by atoms with Crippen LogP contribution < -0.4 is 10.2 Å². The molecule has 0 aromatic heterocycles. The molecule has 6 heteroatoms. The van der Waals surface area contributed by atoms with E-state index in [1.165, 1.54) is 24.3 Å². The van der Waals surface area contributed by atoms with Crippen molar-refractivity contribution in [1.29, 1.82) is 0 Å². The quantitative estimate of drug-likeness (QED) is 0.479. The zero-order valence-electron chi connectivity index (χ0n) is 10.9. The van der Waals surface area contributed by atoms with Crippen molar-refractivity contribution in [3.63, 3.8) is 0 Å². The molecule has 0 heterocycles. The first-order valence-corrected chi connectivity index (χ1v) is 7.17. The van der Waals surface area contributed by atoms with Crippen LogP contribution in [0.15, 0.2) is 53.6 Å². The molecule has 0 bridgehead atoms. The summed E-state index contributed by atoms with van der Waals surface area (Å²) in [6, 6.07) is 13.1. The third-order valence-electron chi connectivity index (χ3n) is 2.46. The predicted octanol–water partition coefficient (Wildman–Crippen LogP) is 2.96. The molecule has 0 radical (unpaired) electrons. The molecule has 2 aromatic carbocycles. The summed E-state index contributed by atoms with van der Waals surface area (Å²) in [5.41, 5.74) is 3.24. The van der Waals surface area contributed by atoms with Gasteiger partial charge in [0.2, 0.25) is 0 Å². The van der Waals surface area contributed by atoms with Gasteiger partial charge >= 0.3 is 0 Å². The molecule has 108 valence electrons. The Balaban J connectivity index is 1.77. The number of amides is 1. The minimum absolute atomic E-state index is 0.185. The molecule has 0 saturated carbocycles. The summed E-state index contributed by atoms with van der Waals surface area (Å²) >= 11 is 2.21. The van der Waals surface area contributed by atoms with Crippen LogP contribution in [0.1, 0.15) is 5.56 Å². The first kappa shape index (κ1) is 15.4. The standard InChI is InChI=1S/C15H12FIN2O2/c16-12-3-7-14(8-4-12)21-10-15(20)19-18-9-11-1-5-13(17)6-2-11/h1-9H,10H2,(H,19,20)/b18-9+. The van der Waals surface area contributed by atoms with E-state index in [-0.39, 0.29) is 18.3 Å². The Kier molecular flexibility index (Phi) is 5.68. The van der Waals surface area contributed by atoms with Gasteiger partial charge in [0.15, 0.2) is 6.61 Å². The summed E-state index contributed by atoms with van der Waals surface area (Å²) in [6.07, 6.45) is 1.55. The summed E-state index contributed by atoms with van der Waals surface area (Å²) in [5.74, 6) is -0.317. The molecule has 1 amide bonds. The lowest BCUT2D eigenvalue weighted by atomic mass is 10.2. The maximum Gasteiger partial charge on any atom is 0.277 e. The molecule has 0 fully saturated rings. The fourth-order valence-electron chi connectivity index (χ4n) is 1.44. The molecule has 0 aliphatic heterocycles. The molecular formula is C15H12FIN2O2. The first-order chi connectivity index (χ1) is 10.1. The van der Waals surface area contributed by atoms with Gasteiger partial charge in [-0.15, -0.1) is 0 Å². The molecule has 0 spiro atoms. The zero-order chi connectivity index (χ0) is 15.1. The summed E-state index contributed by atoms with van der Waals surface area (Å²) in [6.45, 7) is -0.185. The van der Waals surface area contributed by atoms with Crippen molar-refractivity contribution in [3.8, 4) is 5.75 Å². The molecule has 0 aliphatic rings. The van der Waals surface area contributed by atoms with Gasteiger partial charge < -0.3 is 4.74 Å². The predicted molar refractivity (Wildman–Crippen MR) is 86.8 cm³/mol. The second kappa shape index (κ2) is 7.72. The van der Waals surface area contributed by atoms with Gasteiger partial charge in [0.1, 0.15) is 11.6 Å². The summed E-state index contributed by atoms with van der Waals surface area (Å²) in [5, 5.41) is 3.83. The number of ether oxygens (including phenoxy) is 1. The van der Waals surface area contributed by atoms with Crippen molar-refractivity contribution < 1.29 is 13.9 Å². The maximum atomic E-state index is 12.7. The van der Waals surface area contributed by atoms with Crippen LogP contribution in [0.25, 0.3) is 0 Å². The van der Waals surface area contributed by atoms with Crippen LogP contribution in [0.2, 0.25) is 0 Å². The highest BCUT2D eigenvalue weighted by atomic mass is 127. The van der Waals surface area contributed by atoms with E-state index in [0.29, 0.717) is 5.75 Å². The smallest absolute Gasteiger partial charge is 0.277 e. The van der Waals surface area contributed by atoms with E-state index >= 15 is 0 Å². The average Bonchev–Trinajstić information content (AvgIpc) is 2.49. The second-order valence-corrected chi connectivity index (χ2v) is 5.33. The Hall–Kier alpha value is -1.96. The number of carbonyl (C=O) groups excluding carboxylic acids is 1. The summed E-state index contributed by atoms with van der Waals surface area (Å²) < 4.78 is 19.0. The SMILES string of the molecule is O=C(COc1ccc(F)cc1)N/N=C/c1ccc(I)cc1. The lowest BCUT2D eigenvalue weighted by Gasteiger charge is -2.04. The fourth-order valence-corrected chi connectivity index (χ4v) is 1.80. The van der Waals surface area contributed by atoms with Gasteiger partial charge in [-0.05, 0) is 64.6 Å². The van der Waals surface area contributed by atoms with Crippen molar-refractivity contribution in [2.75, 3.05) is 6.61 Å². The fraction of sp³-hybridized carbons (Fsp3) is 0.0667.